The molecule has 0 aromatic rings. The lowest BCUT2D eigenvalue weighted by molar-refractivity contribution is -0.0432. The highest BCUT2D eigenvalue weighted by molar-refractivity contribution is 4.83. The van der Waals surface area contributed by atoms with E-state index in [1.165, 1.54) is 57.8 Å². The molecule has 2 heteroatoms. The zero-order chi connectivity index (χ0) is 11.2. The molecule has 16 heavy (non-hydrogen) atoms. The average molecular weight is 225 g/mol. The predicted octanol–water partition coefficient (Wildman–Crippen LogP) is 3.26. The highest BCUT2D eigenvalue weighted by Crippen LogP contribution is 2.28. The Balaban J connectivity index is 1.78. The fourth-order valence-electron chi connectivity index (χ4n) is 3.09. The predicted molar refractivity (Wildman–Crippen MR) is 67.7 cm³/mol. The third-order valence-corrected chi connectivity index (χ3v) is 4.03. The first-order valence-corrected chi connectivity index (χ1v) is 7.29. The SMILES string of the molecule is CCCNC1CCCCC1OC1CCCC1. The van der Waals surface area contributed by atoms with Crippen molar-refractivity contribution in [1.29, 1.82) is 0 Å². The Kier molecular flexibility index (Phi) is 5.11. The van der Waals surface area contributed by atoms with Crippen LogP contribution < -0.4 is 5.32 Å². The molecule has 0 aliphatic heterocycles. The number of hydrogen-bond donors (Lipinski definition) is 1. The van der Waals surface area contributed by atoms with Crippen LogP contribution in [0.5, 0.6) is 0 Å². The second kappa shape index (κ2) is 6.61. The lowest BCUT2D eigenvalue weighted by Gasteiger charge is -2.34. The Hall–Kier alpha value is -0.0800. The first kappa shape index (κ1) is 12.4. The summed E-state index contributed by atoms with van der Waals surface area (Å²) in [6, 6.07) is 0.634. The molecule has 0 amide bonds. The molecule has 2 saturated carbocycles. The van der Waals surface area contributed by atoms with Crippen LogP contribution in [0.3, 0.4) is 0 Å². The minimum absolute atomic E-state index is 0.503. The Morgan fingerprint density at radius 1 is 1.00 bits per heavy atom. The van der Waals surface area contributed by atoms with Gasteiger partial charge in [0.25, 0.3) is 0 Å². The third kappa shape index (κ3) is 3.46. The van der Waals surface area contributed by atoms with Gasteiger partial charge in [-0.1, -0.05) is 32.6 Å². The van der Waals surface area contributed by atoms with Crippen molar-refractivity contribution < 1.29 is 4.74 Å². The van der Waals surface area contributed by atoms with Gasteiger partial charge in [-0.25, -0.2) is 0 Å². The largest absolute Gasteiger partial charge is 0.373 e. The molecule has 94 valence electrons. The summed E-state index contributed by atoms with van der Waals surface area (Å²) in [5.41, 5.74) is 0. The minimum Gasteiger partial charge on any atom is -0.373 e. The quantitative estimate of drug-likeness (QED) is 0.775. The van der Waals surface area contributed by atoms with Gasteiger partial charge in [0.15, 0.2) is 0 Å². The summed E-state index contributed by atoms with van der Waals surface area (Å²) in [7, 11) is 0. The summed E-state index contributed by atoms with van der Waals surface area (Å²) in [6.07, 6.45) is 13.0. The zero-order valence-electron chi connectivity index (χ0n) is 10.7. The van der Waals surface area contributed by atoms with Crippen LogP contribution in [-0.2, 0) is 4.74 Å². The Morgan fingerprint density at radius 2 is 1.69 bits per heavy atom. The molecule has 0 heterocycles. The summed E-state index contributed by atoms with van der Waals surface area (Å²) in [5, 5.41) is 3.67. The molecular weight excluding hydrogens is 198 g/mol. The van der Waals surface area contributed by atoms with Crippen LogP contribution in [0.1, 0.15) is 64.7 Å². The molecule has 0 aromatic carbocycles. The molecule has 1 N–H and O–H groups in total. The van der Waals surface area contributed by atoms with E-state index < -0.39 is 0 Å². The van der Waals surface area contributed by atoms with E-state index in [-0.39, 0.29) is 0 Å². The molecule has 0 spiro atoms. The van der Waals surface area contributed by atoms with Crippen LogP contribution in [0, 0.1) is 0 Å². The molecule has 2 aliphatic carbocycles. The van der Waals surface area contributed by atoms with Crippen molar-refractivity contribution in [2.24, 2.45) is 0 Å². The Labute approximate surface area is 100 Å². The third-order valence-electron chi connectivity index (χ3n) is 4.03. The minimum atomic E-state index is 0.503. The smallest absolute Gasteiger partial charge is 0.0731 e. The van der Waals surface area contributed by atoms with E-state index in [2.05, 4.69) is 12.2 Å². The lowest BCUT2D eigenvalue weighted by atomic mass is 9.92. The Morgan fingerprint density at radius 3 is 2.44 bits per heavy atom. The van der Waals surface area contributed by atoms with Gasteiger partial charge in [-0.3, -0.25) is 0 Å². The zero-order valence-corrected chi connectivity index (χ0v) is 10.7. The van der Waals surface area contributed by atoms with E-state index in [0.29, 0.717) is 18.2 Å². The van der Waals surface area contributed by atoms with Gasteiger partial charge in [0.1, 0.15) is 0 Å². The second-order valence-corrected chi connectivity index (χ2v) is 5.43. The molecule has 0 aromatic heterocycles. The van der Waals surface area contributed by atoms with Crippen LogP contribution in [-0.4, -0.2) is 24.8 Å². The van der Waals surface area contributed by atoms with Crippen LogP contribution in [0.25, 0.3) is 0 Å². The average Bonchev–Trinajstić information content (AvgIpc) is 2.81. The summed E-state index contributed by atoms with van der Waals surface area (Å²) in [6.45, 7) is 3.39. The summed E-state index contributed by atoms with van der Waals surface area (Å²) >= 11 is 0. The van der Waals surface area contributed by atoms with Crippen LogP contribution in [0.4, 0.5) is 0 Å². The topological polar surface area (TPSA) is 21.3 Å². The van der Waals surface area contributed by atoms with Gasteiger partial charge >= 0.3 is 0 Å². The van der Waals surface area contributed by atoms with Gasteiger partial charge in [0, 0.05) is 6.04 Å². The normalized spacial score (nSPS) is 32.1. The highest BCUT2D eigenvalue weighted by Gasteiger charge is 2.28. The van der Waals surface area contributed by atoms with Gasteiger partial charge in [0.05, 0.1) is 12.2 Å². The van der Waals surface area contributed by atoms with Crippen molar-refractivity contribution in [3.8, 4) is 0 Å². The number of nitrogens with one attached hydrogen (secondary N) is 1. The summed E-state index contributed by atoms with van der Waals surface area (Å²) in [5.74, 6) is 0. The Bertz CT molecular complexity index is 189. The maximum Gasteiger partial charge on any atom is 0.0731 e. The molecule has 2 nitrogen and oxygen atoms in total. The fraction of sp³-hybridized carbons (Fsp3) is 1.00. The molecule has 2 fully saturated rings. The van der Waals surface area contributed by atoms with Crippen molar-refractivity contribution >= 4 is 0 Å². The molecular formula is C14H27NO. The van der Waals surface area contributed by atoms with Crippen LogP contribution in [0.15, 0.2) is 0 Å². The molecule has 0 saturated heterocycles. The monoisotopic (exact) mass is 225 g/mol. The van der Waals surface area contributed by atoms with E-state index in [9.17, 15) is 0 Å². The first-order valence-electron chi connectivity index (χ1n) is 7.29. The maximum absolute atomic E-state index is 6.30. The number of hydrogen-bond acceptors (Lipinski definition) is 2. The second-order valence-electron chi connectivity index (χ2n) is 5.43. The highest BCUT2D eigenvalue weighted by atomic mass is 16.5. The summed E-state index contributed by atoms with van der Waals surface area (Å²) < 4.78 is 6.30. The number of rotatable bonds is 5. The summed E-state index contributed by atoms with van der Waals surface area (Å²) in [4.78, 5) is 0. The molecule has 2 atom stereocenters. The molecule has 0 bridgehead atoms. The van der Waals surface area contributed by atoms with Gasteiger partial charge in [-0.15, -0.1) is 0 Å². The fourth-order valence-corrected chi connectivity index (χ4v) is 3.09. The van der Waals surface area contributed by atoms with Crippen LogP contribution in [0.2, 0.25) is 0 Å². The first-order chi connectivity index (χ1) is 7.90. The van der Waals surface area contributed by atoms with Gasteiger partial charge < -0.3 is 10.1 Å². The maximum atomic E-state index is 6.30. The molecule has 0 radical (unpaired) electrons. The van der Waals surface area contributed by atoms with E-state index in [4.69, 9.17) is 4.74 Å². The van der Waals surface area contributed by atoms with Crippen molar-refractivity contribution in [3.63, 3.8) is 0 Å². The van der Waals surface area contributed by atoms with E-state index in [1.54, 1.807) is 0 Å². The van der Waals surface area contributed by atoms with Crippen molar-refractivity contribution in [1.82, 2.24) is 5.32 Å². The van der Waals surface area contributed by atoms with E-state index in [0.717, 1.165) is 6.54 Å². The van der Waals surface area contributed by atoms with Gasteiger partial charge in [-0.05, 0) is 38.6 Å². The molecule has 2 aliphatic rings. The van der Waals surface area contributed by atoms with Crippen molar-refractivity contribution in [2.45, 2.75) is 83.0 Å². The van der Waals surface area contributed by atoms with Gasteiger partial charge in [-0.2, -0.15) is 0 Å². The lowest BCUT2D eigenvalue weighted by Crippen LogP contribution is -2.45. The van der Waals surface area contributed by atoms with Gasteiger partial charge in [0.2, 0.25) is 0 Å². The molecule has 2 unspecified atom stereocenters. The number of ether oxygens (including phenoxy) is 1. The standard InChI is InChI=1S/C14H27NO/c1-2-11-15-13-9-5-6-10-14(13)16-12-7-3-4-8-12/h12-15H,2-11H2,1H3. The van der Waals surface area contributed by atoms with Crippen molar-refractivity contribution in [3.05, 3.63) is 0 Å². The van der Waals surface area contributed by atoms with E-state index >= 15 is 0 Å². The van der Waals surface area contributed by atoms with Crippen LogP contribution >= 0.6 is 0 Å². The van der Waals surface area contributed by atoms with E-state index in [1.807, 2.05) is 0 Å². The molecule has 2 rings (SSSR count). The van der Waals surface area contributed by atoms with Crippen molar-refractivity contribution in [2.75, 3.05) is 6.54 Å².